The number of thiophene rings is 1. The standard InChI is InChI=1S/C23H27N5O3S/c29-21-4-3-18-23-27(22(30)12-25-18)14-16(28(21)23)13-26-7-5-15(6-8-26)24-11-17-10-19-20(32-17)2-1-9-31-19/h3-4,10,12,15-16,24H,1-2,5-9,11,13-14H2. The summed E-state index contributed by atoms with van der Waals surface area (Å²) >= 11 is 1.88. The number of ether oxygens (including phenoxy) is 1. The molecule has 3 aliphatic heterocycles. The lowest BCUT2D eigenvalue weighted by Crippen LogP contribution is -2.44. The molecule has 1 saturated heterocycles. The summed E-state index contributed by atoms with van der Waals surface area (Å²) in [5.74, 6) is 1.09. The van der Waals surface area contributed by atoms with Crippen molar-refractivity contribution in [2.75, 3.05) is 26.2 Å². The molecule has 3 aromatic heterocycles. The molecule has 6 heterocycles. The largest absolute Gasteiger partial charge is 0.492 e. The third-order valence-corrected chi connectivity index (χ3v) is 8.10. The number of nitrogens with one attached hydrogen (secondary N) is 1. The van der Waals surface area contributed by atoms with E-state index in [1.54, 1.807) is 21.3 Å². The number of fused-ring (bicyclic) bond motifs is 1. The summed E-state index contributed by atoms with van der Waals surface area (Å²) in [5, 5.41) is 3.73. The van der Waals surface area contributed by atoms with Gasteiger partial charge in [-0.1, -0.05) is 0 Å². The van der Waals surface area contributed by atoms with Gasteiger partial charge in [-0.25, -0.2) is 4.98 Å². The summed E-state index contributed by atoms with van der Waals surface area (Å²) in [5.41, 5.74) is 1.17. The average molecular weight is 454 g/mol. The average Bonchev–Trinajstić information content (AvgIpc) is 3.40. The minimum absolute atomic E-state index is 0.0231. The van der Waals surface area contributed by atoms with E-state index in [0.29, 0.717) is 23.8 Å². The number of hydrogen-bond acceptors (Lipinski definition) is 7. The lowest BCUT2D eigenvalue weighted by molar-refractivity contribution is 0.171. The Morgan fingerprint density at radius 1 is 1.19 bits per heavy atom. The second kappa shape index (κ2) is 8.13. The molecule has 32 heavy (non-hydrogen) atoms. The number of aryl methyl sites for hydroxylation is 1. The summed E-state index contributed by atoms with van der Waals surface area (Å²) in [6, 6.07) is 5.95. The van der Waals surface area contributed by atoms with Gasteiger partial charge in [-0.3, -0.25) is 18.7 Å². The SMILES string of the molecule is O=c1cnc2ccc(=O)n3c2n1CC3CN1CCC(NCc2cc3c(s2)CCCO3)CC1. The Balaban J connectivity index is 1.07. The molecular weight excluding hydrogens is 426 g/mol. The summed E-state index contributed by atoms with van der Waals surface area (Å²) < 4.78 is 9.23. The molecule has 1 atom stereocenters. The Bertz CT molecular complexity index is 1240. The highest BCUT2D eigenvalue weighted by molar-refractivity contribution is 7.12. The fourth-order valence-corrected chi connectivity index (χ4v) is 6.39. The maximum Gasteiger partial charge on any atom is 0.270 e. The van der Waals surface area contributed by atoms with E-state index >= 15 is 0 Å². The van der Waals surface area contributed by atoms with Crippen molar-refractivity contribution in [3.63, 3.8) is 0 Å². The molecule has 6 rings (SSSR count). The number of nitrogens with zero attached hydrogens (tertiary/aromatic N) is 4. The molecule has 3 aromatic rings. The van der Waals surface area contributed by atoms with E-state index in [1.165, 1.54) is 16.0 Å². The van der Waals surface area contributed by atoms with E-state index in [-0.39, 0.29) is 17.2 Å². The van der Waals surface area contributed by atoms with Crippen LogP contribution < -0.4 is 21.2 Å². The Hall–Kier alpha value is -2.49. The molecule has 0 bridgehead atoms. The molecule has 1 unspecified atom stereocenters. The van der Waals surface area contributed by atoms with Gasteiger partial charge >= 0.3 is 0 Å². The van der Waals surface area contributed by atoms with Crippen LogP contribution in [0.5, 0.6) is 5.75 Å². The second-order valence-corrected chi connectivity index (χ2v) is 10.2. The third-order valence-electron chi connectivity index (χ3n) is 6.92. The van der Waals surface area contributed by atoms with E-state index in [9.17, 15) is 9.59 Å². The first-order valence-corrected chi connectivity index (χ1v) is 12.3. The van der Waals surface area contributed by atoms with E-state index in [0.717, 1.165) is 64.2 Å². The number of rotatable bonds is 5. The predicted molar refractivity (Wildman–Crippen MR) is 124 cm³/mol. The lowest BCUT2D eigenvalue weighted by atomic mass is 10.0. The van der Waals surface area contributed by atoms with Crippen LogP contribution in [0.15, 0.2) is 34.0 Å². The number of likely N-dealkylation sites (tertiary alicyclic amines) is 1. The molecule has 8 nitrogen and oxygen atoms in total. The van der Waals surface area contributed by atoms with Crippen LogP contribution in [-0.4, -0.2) is 51.3 Å². The lowest BCUT2D eigenvalue weighted by Gasteiger charge is -2.34. The summed E-state index contributed by atoms with van der Waals surface area (Å²) in [6.07, 6.45) is 5.79. The highest BCUT2D eigenvalue weighted by atomic mass is 32.1. The van der Waals surface area contributed by atoms with Crippen LogP contribution in [0.4, 0.5) is 0 Å². The van der Waals surface area contributed by atoms with E-state index in [4.69, 9.17) is 4.74 Å². The number of pyridine rings is 1. The van der Waals surface area contributed by atoms with Gasteiger partial charge < -0.3 is 15.0 Å². The van der Waals surface area contributed by atoms with Crippen LogP contribution in [0.3, 0.4) is 0 Å². The van der Waals surface area contributed by atoms with Crippen LogP contribution in [0.2, 0.25) is 0 Å². The van der Waals surface area contributed by atoms with Crippen molar-refractivity contribution >= 4 is 22.5 Å². The smallest absolute Gasteiger partial charge is 0.270 e. The van der Waals surface area contributed by atoms with Crippen molar-refractivity contribution in [3.05, 3.63) is 54.9 Å². The maximum absolute atomic E-state index is 12.6. The monoisotopic (exact) mass is 453 g/mol. The van der Waals surface area contributed by atoms with Crippen LogP contribution in [-0.2, 0) is 19.5 Å². The molecule has 9 heteroatoms. The van der Waals surface area contributed by atoms with Crippen molar-refractivity contribution in [1.29, 1.82) is 0 Å². The van der Waals surface area contributed by atoms with Crippen LogP contribution in [0.25, 0.3) is 11.2 Å². The highest BCUT2D eigenvalue weighted by Gasteiger charge is 2.29. The van der Waals surface area contributed by atoms with Crippen molar-refractivity contribution in [3.8, 4) is 5.75 Å². The predicted octanol–water partition coefficient (Wildman–Crippen LogP) is 1.75. The molecule has 1 N–H and O–H groups in total. The minimum Gasteiger partial charge on any atom is -0.492 e. The molecule has 0 saturated carbocycles. The molecule has 3 aliphatic rings. The molecule has 0 aromatic carbocycles. The van der Waals surface area contributed by atoms with Gasteiger partial charge in [0.15, 0.2) is 0 Å². The van der Waals surface area contributed by atoms with Gasteiger partial charge in [0.25, 0.3) is 11.1 Å². The number of hydrogen-bond donors (Lipinski definition) is 1. The van der Waals surface area contributed by atoms with Gasteiger partial charge in [-0.15, -0.1) is 11.3 Å². The normalized spacial score (nSPS) is 21.1. The molecule has 0 spiro atoms. The van der Waals surface area contributed by atoms with Gasteiger partial charge in [0.1, 0.15) is 16.9 Å². The van der Waals surface area contributed by atoms with E-state index in [2.05, 4.69) is 21.3 Å². The quantitative estimate of drug-likeness (QED) is 0.634. The second-order valence-electron chi connectivity index (χ2n) is 9.02. The van der Waals surface area contributed by atoms with Crippen LogP contribution in [0.1, 0.15) is 35.1 Å². The summed E-state index contributed by atoms with van der Waals surface area (Å²) in [6.45, 7) is 5.05. The maximum atomic E-state index is 12.6. The zero-order valence-corrected chi connectivity index (χ0v) is 18.8. The molecule has 1 fully saturated rings. The number of piperidine rings is 1. The van der Waals surface area contributed by atoms with E-state index in [1.807, 2.05) is 11.3 Å². The van der Waals surface area contributed by atoms with Gasteiger partial charge in [-0.2, -0.15) is 0 Å². The molecule has 0 radical (unpaired) electrons. The first kappa shape index (κ1) is 20.1. The van der Waals surface area contributed by atoms with Crippen molar-refractivity contribution in [1.82, 2.24) is 24.3 Å². The topological polar surface area (TPSA) is 81.4 Å². The molecule has 0 aliphatic carbocycles. The van der Waals surface area contributed by atoms with Crippen molar-refractivity contribution < 1.29 is 4.74 Å². The van der Waals surface area contributed by atoms with Gasteiger partial charge in [0, 0.05) is 41.5 Å². The van der Waals surface area contributed by atoms with Gasteiger partial charge in [0.2, 0.25) is 0 Å². The first-order valence-electron chi connectivity index (χ1n) is 11.5. The molecule has 168 valence electrons. The zero-order chi connectivity index (χ0) is 21.7. The highest BCUT2D eigenvalue weighted by Crippen LogP contribution is 2.33. The third kappa shape index (κ3) is 3.58. The van der Waals surface area contributed by atoms with Crippen molar-refractivity contribution in [2.45, 2.75) is 50.9 Å². The summed E-state index contributed by atoms with van der Waals surface area (Å²) in [7, 11) is 0. The summed E-state index contributed by atoms with van der Waals surface area (Å²) in [4.78, 5) is 34.3. The molecular formula is C23H27N5O3S. The Morgan fingerprint density at radius 3 is 2.91 bits per heavy atom. The first-order chi connectivity index (χ1) is 15.7. The zero-order valence-electron chi connectivity index (χ0n) is 18.0. The fourth-order valence-electron chi connectivity index (χ4n) is 5.29. The molecule has 0 amide bonds. The Kier molecular flexibility index (Phi) is 5.12. The Labute approximate surface area is 189 Å². The van der Waals surface area contributed by atoms with Crippen LogP contribution in [0, 0.1) is 0 Å². The fraction of sp³-hybridized carbons (Fsp3) is 0.522. The van der Waals surface area contributed by atoms with Crippen LogP contribution >= 0.6 is 11.3 Å². The Morgan fingerprint density at radius 2 is 2.06 bits per heavy atom. The van der Waals surface area contributed by atoms with Gasteiger partial charge in [0.05, 0.1) is 18.8 Å². The minimum atomic E-state index is -0.136. The number of aromatic nitrogens is 3. The van der Waals surface area contributed by atoms with Crippen molar-refractivity contribution in [2.24, 2.45) is 0 Å². The van der Waals surface area contributed by atoms with E-state index < -0.39 is 0 Å². The van der Waals surface area contributed by atoms with Gasteiger partial charge in [-0.05, 0) is 50.9 Å².